The van der Waals surface area contributed by atoms with Gasteiger partial charge in [-0.2, -0.15) is 0 Å². The van der Waals surface area contributed by atoms with Gasteiger partial charge in [0.1, 0.15) is 11.1 Å². The molecule has 1 saturated heterocycles. The van der Waals surface area contributed by atoms with Gasteiger partial charge in [0, 0.05) is 36.9 Å². The first-order valence-electron chi connectivity index (χ1n) is 9.35. The average Bonchev–Trinajstić information content (AvgIpc) is 3.31. The van der Waals surface area contributed by atoms with E-state index >= 15 is 0 Å². The van der Waals surface area contributed by atoms with Crippen molar-refractivity contribution in [2.75, 3.05) is 19.8 Å². The highest BCUT2D eigenvalue weighted by Gasteiger charge is 2.20. The summed E-state index contributed by atoms with van der Waals surface area (Å²) in [6, 6.07) is 12.0. The molecule has 1 fully saturated rings. The van der Waals surface area contributed by atoms with Crippen molar-refractivity contribution in [3.05, 3.63) is 58.9 Å². The number of aryl methyl sites for hydroxylation is 1. The number of benzene rings is 1. The summed E-state index contributed by atoms with van der Waals surface area (Å²) in [7, 11) is 0. The molecular formula is C21H22ClN3O3. The number of carbonyl (C=O) groups is 1. The summed E-state index contributed by atoms with van der Waals surface area (Å²) in [6.45, 7) is 4.48. The lowest BCUT2D eigenvalue weighted by atomic mass is 10.2. The largest absolute Gasteiger partial charge is 0.471 e. The number of rotatable bonds is 6. The van der Waals surface area contributed by atoms with Crippen LogP contribution in [0.25, 0.3) is 10.9 Å². The smallest absolute Gasteiger partial charge is 0.252 e. The van der Waals surface area contributed by atoms with E-state index in [2.05, 4.69) is 40.0 Å². The predicted molar refractivity (Wildman–Crippen MR) is 108 cm³/mol. The van der Waals surface area contributed by atoms with Gasteiger partial charge < -0.3 is 19.4 Å². The van der Waals surface area contributed by atoms with Crippen molar-refractivity contribution in [2.45, 2.75) is 26.0 Å². The number of ether oxygens (including phenoxy) is 2. The summed E-state index contributed by atoms with van der Waals surface area (Å²) in [6.07, 6.45) is 2.26. The molecule has 1 aromatic carbocycles. The molecule has 0 aliphatic carbocycles. The van der Waals surface area contributed by atoms with Gasteiger partial charge in [0.25, 0.3) is 5.91 Å². The monoisotopic (exact) mass is 399 g/mol. The minimum atomic E-state index is -0.209. The molecule has 2 aromatic heterocycles. The molecule has 6 nitrogen and oxygen atoms in total. The summed E-state index contributed by atoms with van der Waals surface area (Å²) < 4.78 is 13.2. The first-order chi connectivity index (χ1) is 13.6. The van der Waals surface area contributed by atoms with E-state index in [1.54, 1.807) is 6.07 Å². The summed E-state index contributed by atoms with van der Waals surface area (Å²) in [5, 5.41) is 4.46. The van der Waals surface area contributed by atoms with E-state index in [0.717, 1.165) is 17.6 Å². The highest BCUT2D eigenvalue weighted by atomic mass is 35.5. The Morgan fingerprint density at radius 3 is 3.04 bits per heavy atom. The van der Waals surface area contributed by atoms with Crippen LogP contribution in [-0.2, 0) is 11.3 Å². The number of nitrogens with one attached hydrogen (secondary N) is 1. The highest BCUT2D eigenvalue weighted by Crippen LogP contribution is 2.25. The van der Waals surface area contributed by atoms with Crippen LogP contribution in [0, 0.1) is 6.92 Å². The molecule has 1 atom stereocenters. The number of nitrogens with zero attached hydrogens (tertiary/aromatic N) is 2. The number of hydrogen-bond donors (Lipinski definition) is 1. The van der Waals surface area contributed by atoms with Crippen molar-refractivity contribution in [1.29, 1.82) is 0 Å². The maximum absolute atomic E-state index is 12.4. The second-order valence-corrected chi connectivity index (χ2v) is 7.27. The van der Waals surface area contributed by atoms with Gasteiger partial charge in [-0.1, -0.05) is 29.8 Å². The lowest BCUT2D eigenvalue weighted by Crippen LogP contribution is -2.27. The zero-order valence-corrected chi connectivity index (χ0v) is 16.4. The second-order valence-electron chi connectivity index (χ2n) is 6.87. The van der Waals surface area contributed by atoms with Crippen LogP contribution in [0.3, 0.4) is 0 Å². The summed E-state index contributed by atoms with van der Waals surface area (Å²) >= 11 is 6.24. The number of hydrogen-bond acceptors (Lipinski definition) is 4. The molecule has 1 amide bonds. The SMILES string of the molecule is Cc1cc2ccccc2n1CCNC(=O)c1cnc(OC2CCOC2)c(Cl)c1. The number of halogens is 1. The molecule has 1 aliphatic heterocycles. The maximum Gasteiger partial charge on any atom is 0.252 e. The van der Waals surface area contributed by atoms with Gasteiger partial charge in [0.15, 0.2) is 0 Å². The Balaban J connectivity index is 1.37. The highest BCUT2D eigenvalue weighted by molar-refractivity contribution is 6.32. The number of amides is 1. The topological polar surface area (TPSA) is 65.4 Å². The number of pyridine rings is 1. The molecular weight excluding hydrogens is 378 g/mol. The number of aromatic nitrogens is 2. The fraction of sp³-hybridized carbons (Fsp3) is 0.333. The van der Waals surface area contributed by atoms with Crippen LogP contribution in [0.4, 0.5) is 0 Å². The molecule has 0 radical (unpaired) electrons. The van der Waals surface area contributed by atoms with Gasteiger partial charge in [-0.25, -0.2) is 4.98 Å². The van der Waals surface area contributed by atoms with Crippen molar-refractivity contribution in [3.63, 3.8) is 0 Å². The Morgan fingerprint density at radius 1 is 1.39 bits per heavy atom. The van der Waals surface area contributed by atoms with Crippen molar-refractivity contribution in [3.8, 4) is 5.88 Å². The summed E-state index contributed by atoms with van der Waals surface area (Å²) in [4.78, 5) is 16.6. The van der Waals surface area contributed by atoms with Crippen LogP contribution in [0.5, 0.6) is 5.88 Å². The zero-order valence-electron chi connectivity index (χ0n) is 15.7. The van der Waals surface area contributed by atoms with Crippen LogP contribution in [0.1, 0.15) is 22.5 Å². The van der Waals surface area contributed by atoms with Crippen molar-refractivity contribution >= 4 is 28.4 Å². The van der Waals surface area contributed by atoms with Gasteiger partial charge in [0.05, 0.1) is 18.8 Å². The fourth-order valence-electron chi connectivity index (χ4n) is 3.43. The molecule has 146 valence electrons. The Labute approximate surface area is 168 Å². The lowest BCUT2D eigenvalue weighted by Gasteiger charge is -2.13. The molecule has 3 heterocycles. The van der Waals surface area contributed by atoms with E-state index in [0.29, 0.717) is 42.8 Å². The molecule has 1 N–H and O–H groups in total. The Bertz CT molecular complexity index is 996. The second kappa shape index (κ2) is 8.20. The van der Waals surface area contributed by atoms with Crippen LogP contribution < -0.4 is 10.1 Å². The van der Waals surface area contributed by atoms with Gasteiger partial charge in [-0.15, -0.1) is 0 Å². The van der Waals surface area contributed by atoms with Crippen molar-refractivity contribution in [2.24, 2.45) is 0 Å². The first-order valence-corrected chi connectivity index (χ1v) is 9.72. The Morgan fingerprint density at radius 2 is 2.25 bits per heavy atom. The van der Waals surface area contributed by atoms with Crippen LogP contribution in [0.15, 0.2) is 42.6 Å². The molecule has 7 heteroatoms. The predicted octanol–water partition coefficient (Wildman–Crippen LogP) is 3.60. The minimum Gasteiger partial charge on any atom is -0.471 e. The molecule has 1 aliphatic rings. The standard InChI is InChI=1S/C21H22ClN3O3/c1-14-10-15-4-2-3-5-19(15)25(14)8-7-23-20(26)16-11-18(22)21(24-12-16)28-17-6-9-27-13-17/h2-5,10-12,17H,6-9,13H2,1H3,(H,23,26). The van der Waals surface area contributed by atoms with Gasteiger partial charge in [-0.05, 0) is 30.5 Å². The molecule has 4 rings (SSSR count). The quantitative estimate of drug-likeness (QED) is 0.687. The lowest BCUT2D eigenvalue weighted by molar-refractivity contribution is 0.0951. The van der Waals surface area contributed by atoms with E-state index in [-0.39, 0.29) is 12.0 Å². The van der Waals surface area contributed by atoms with E-state index in [9.17, 15) is 4.79 Å². The Hall–Kier alpha value is -2.57. The normalized spacial score (nSPS) is 16.4. The van der Waals surface area contributed by atoms with Crippen LogP contribution in [0.2, 0.25) is 5.02 Å². The molecule has 3 aromatic rings. The van der Waals surface area contributed by atoms with Gasteiger partial charge in [-0.3, -0.25) is 4.79 Å². The third kappa shape index (κ3) is 3.98. The van der Waals surface area contributed by atoms with E-state index < -0.39 is 0 Å². The third-order valence-corrected chi connectivity index (χ3v) is 5.15. The van der Waals surface area contributed by atoms with Crippen LogP contribution >= 0.6 is 11.6 Å². The molecule has 28 heavy (non-hydrogen) atoms. The summed E-state index contributed by atoms with van der Waals surface area (Å²) in [5.74, 6) is 0.127. The maximum atomic E-state index is 12.4. The third-order valence-electron chi connectivity index (χ3n) is 4.87. The van der Waals surface area contributed by atoms with E-state index in [1.807, 2.05) is 12.1 Å². The van der Waals surface area contributed by atoms with Crippen molar-refractivity contribution < 1.29 is 14.3 Å². The van der Waals surface area contributed by atoms with Gasteiger partial charge >= 0.3 is 0 Å². The molecule has 1 unspecified atom stereocenters. The molecule has 0 spiro atoms. The number of fused-ring (bicyclic) bond motifs is 1. The number of para-hydroxylation sites is 1. The van der Waals surface area contributed by atoms with E-state index in [4.69, 9.17) is 21.1 Å². The molecule has 0 saturated carbocycles. The Kier molecular flexibility index (Phi) is 5.50. The zero-order chi connectivity index (χ0) is 19.5. The fourth-order valence-corrected chi connectivity index (χ4v) is 3.64. The first kappa shape index (κ1) is 18.8. The van der Waals surface area contributed by atoms with Crippen molar-refractivity contribution in [1.82, 2.24) is 14.9 Å². The minimum absolute atomic E-state index is 0.0377. The van der Waals surface area contributed by atoms with Crippen LogP contribution in [-0.4, -0.2) is 41.3 Å². The van der Waals surface area contributed by atoms with Gasteiger partial charge in [0.2, 0.25) is 5.88 Å². The van der Waals surface area contributed by atoms with E-state index in [1.165, 1.54) is 11.6 Å². The molecule has 0 bridgehead atoms. The number of carbonyl (C=O) groups excluding carboxylic acids is 1. The summed E-state index contributed by atoms with van der Waals surface area (Å²) in [5.41, 5.74) is 2.74. The average molecular weight is 400 g/mol.